The Morgan fingerprint density at radius 3 is 2.41 bits per heavy atom. The number of aliphatic hydroxyl groups excluding tert-OH is 1. The van der Waals surface area contributed by atoms with E-state index in [1.54, 1.807) is 6.92 Å². The monoisotopic (exact) mass is 535 g/mol. The van der Waals surface area contributed by atoms with Gasteiger partial charge in [-0.25, -0.2) is 4.98 Å². The molecule has 0 saturated carbocycles. The van der Waals surface area contributed by atoms with Crippen LogP contribution in [-0.4, -0.2) is 37.5 Å². The van der Waals surface area contributed by atoms with Gasteiger partial charge in [-0.1, -0.05) is 78.3 Å². The number of rotatable bonds is 10. The first-order valence-electron chi connectivity index (χ1n) is 12.1. The highest BCUT2D eigenvalue weighted by atomic mass is 35.5. The molecule has 4 rings (SSSR count). The summed E-state index contributed by atoms with van der Waals surface area (Å²) in [7, 11) is -3.60. The van der Waals surface area contributed by atoms with Gasteiger partial charge in [-0.15, -0.1) is 0 Å². The zero-order valence-corrected chi connectivity index (χ0v) is 22.4. The number of nitrogens with zero attached hydrogens (tertiary/aromatic N) is 1. The van der Waals surface area contributed by atoms with Crippen LogP contribution in [0.3, 0.4) is 0 Å². The van der Waals surface area contributed by atoms with Gasteiger partial charge in [0.2, 0.25) is 0 Å². The van der Waals surface area contributed by atoms with E-state index in [1.165, 1.54) is 0 Å². The van der Waals surface area contributed by atoms with Crippen LogP contribution in [0.5, 0.6) is 0 Å². The summed E-state index contributed by atoms with van der Waals surface area (Å²) in [5.74, 6) is -0.195. The molecule has 0 aliphatic heterocycles. The zero-order valence-electron chi connectivity index (χ0n) is 20.8. The standard InChI is InChI=1S/C30H30ClNO4S/c1-21(33)16-24-7-3-4-8-26(24)18-27(20-36-37(2,34)35)25-9-5-6-22(17-25)10-14-29-15-12-23-11-13-28(31)19-30(23)32-29/h3-15,17,19,21,27,33H,16,18,20H2,1-2H3. The largest absolute Gasteiger partial charge is 0.393 e. The lowest BCUT2D eigenvalue weighted by atomic mass is 9.88. The number of fused-ring (bicyclic) bond motifs is 1. The SMILES string of the molecule is CC(O)Cc1ccccc1CC(COS(C)(=O)=O)c1cccc(C=Cc2ccc3ccc(Cl)cc3n2)c1. The lowest BCUT2D eigenvalue weighted by Crippen LogP contribution is -2.16. The molecule has 3 aromatic carbocycles. The Hall–Kier alpha value is -3.03. The van der Waals surface area contributed by atoms with Crippen molar-refractivity contribution in [2.24, 2.45) is 0 Å². The minimum absolute atomic E-state index is 0.0298. The van der Waals surface area contributed by atoms with Crippen molar-refractivity contribution in [1.29, 1.82) is 0 Å². The van der Waals surface area contributed by atoms with E-state index in [-0.39, 0.29) is 12.5 Å². The summed E-state index contributed by atoms with van der Waals surface area (Å²) >= 11 is 6.12. The topological polar surface area (TPSA) is 76.5 Å². The molecule has 0 amide bonds. The van der Waals surface area contributed by atoms with Gasteiger partial charge in [0.15, 0.2) is 0 Å². The smallest absolute Gasteiger partial charge is 0.264 e. The molecule has 0 saturated heterocycles. The van der Waals surface area contributed by atoms with E-state index >= 15 is 0 Å². The van der Waals surface area contributed by atoms with Crippen molar-refractivity contribution >= 4 is 44.8 Å². The second-order valence-electron chi connectivity index (χ2n) is 9.29. The molecular weight excluding hydrogens is 506 g/mol. The van der Waals surface area contributed by atoms with Crippen LogP contribution in [0, 0.1) is 0 Å². The molecule has 0 bridgehead atoms. The van der Waals surface area contributed by atoms with Crippen LogP contribution >= 0.6 is 11.6 Å². The minimum atomic E-state index is -3.60. The predicted octanol–water partition coefficient (Wildman–Crippen LogP) is 6.28. The van der Waals surface area contributed by atoms with Crippen molar-refractivity contribution in [2.75, 3.05) is 12.9 Å². The minimum Gasteiger partial charge on any atom is -0.393 e. The quantitative estimate of drug-likeness (QED) is 0.242. The third-order valence-corrected chi connectivity index (χ3v) is 6.89. The average Bonchev–Trinajstić information content (AvgIpc) is 2.85. The van der Waals surface area contributed by atoms with Crippen molar-refractivity contribution < 1.29 is 17.7 Å². The Morgan fingerprint density at radius 1 is 0.946 bits per heavy atom. The molecule has 4 aromatic rings. The molecule has 0 aliphatic carbocycles. The van der Waals surface area contributed by atoms with Crippen molar-refractivity contribution in [3.63, 3.8) is 0 Å². The summed E-state index contributed by atoms with van der Waals surface area (Å²) in [5, 5.41) is 11.6. The predicted molar refractivity (Wildman–Crippen MR) is 151 cm³/mol. The fourth-order valence-electron chi connectivity index (χ4n) is 4.32. The Kier molecular flexibility index (Phi) is 8.77. The molecule has 0 aliphatic rings. The van der Waals surface area contributed by atoms with Crippen LogP contribution in [-0.2, 0) is 27.1 Å². The highest BCUT2D eigenvalue weighted by molar-refractivity contribution is 7.85. The highest BCUT2D eigenvalue weighted by Crippen LogP contribution is 2.26. The number of halogens is 1. The van der Waals surface area contributed by atoms with Crippen LogP contribution in [0.1, 0.15) is 40.8 Å². The highest BCUT2D eigenvalue weighted by Gasteiger charge is 2.18. The number of hydrogen-bond acceptors (Lipinski definition) is 5. The van der Waals surface area contributed by atoms with Crippen LogP contribution in [0.15, 0.2) is 78.9 Å². The van der Waals surface area contributed by atoms with Crippen molar-refractivity contribution in [1.82, 2.24) is 4.98 Å². The number of pyridine rings is 1. The summed E-state index contributed by atoms with van der Waals surface area (Å²) in [6.07, 6.45) is 5.63. The zero-order chi connectivity index (χ0) is 26.4. The Balaban J connectivity index is 1.61. The number of aliphatic hydroxyl groups is 1. The van der Waals surface area contributed by atoms with Gasteiger partial charge >= 0.3 is 0 Å². The van der Waals surface area contributed by atoms with Gasteiger partial charge in [0.25, 0.3) is 10.1 Å². The number of benzene rings is 3. The van der Waals surface area contributed by atoms with Gasteiger partial charge in [0.1, 0.15) is 0 Å². The van der Waals surface area contributed by atoms with Crippen LogP contribution in [0.25, 0.3) is 23.1 Å². The van der Waals surface area contributed by atoms with Crippen molar-refractivity contribution in [3.8, 4) is 0 Å². The molecule has 1 N–H and O–H groups in total. The van der Waals surface area contributed by atoms with Gasteiger partial charge in [-0.3, -0.25) is 4.18 Å². The molecule has 1 heterocycles. The third kappa shape index (κ3) is 7.98. The Morgan fingerprint density at radius 2 is 1.68 bits per heavy atom. The Bertz CT molecular complexity index is 1520. The van der Waals surface area contributed by atoms with E-state index in [4.69, 9.17) is 15.8 Å². The van der Waals surface area contributed by atoms with Crippen molar-refractivity contribution in [3.05, 3.63) is 112 Å². The number of aromatic nitrogens is 1. The second kappa shape index (κ2) is 12.0. The van der Waals surface area contributed by atoms with Gasteiger partial charge < -0.3 is 5.11 Å². The normalized spacial score (nSPS) is 13.7. The van der Waals surface area contributed by atoms with E-state index in [1.807, 2.05) is 91.0 Å². The van der Waals surface area contributed by atoms with Gasteiger partial charge in [0.05, 0.1) is 30.2 Å². The maximum absolute atomic E-state index is 11.8. The maximum Gasteiger partial charge on any atom is 0.264 e. The molecule has 0 radical (unpaired) electrons. The molecule has 2 atom stereocenters. The van der Waals surface area contributed by atoms with E-state index in [9.17, 15) is 13.5 Å². The average molecular weight is 536 g/mol. The molecule has 2 unspecified atom stereocenters. The molecule has 7 heteroatoms. The summed E-state index contributed by atoms with van der Waals surface area (Å²) < 4.78 is 28.8. The molecule has 0 spiro atoms. The second-order valence-corrected chi connectivity index (χ2v) is 11.4. The van der Waals surface area contributed by atoms with Gasteiger partial charge in [-0.05, 0) is 66.3 Å². The summed E-state index contributed by atoms with van der Waals surface area (Å²) in [5.41, 5.74) is 5.68. The maximum atomic E-state index is 11.8. The van der Waals surface area contributed by atoms with Crippen LogP contribution in [0.4, 0.5) is 0 Å². The van der Waals surface area contributed by atoms with Crippen molar-refractivity contribution in [2.45, 2.75) is 31.8 Å². The lowest BCUT2D eigenvalue weighted by Gasteiger charge is -2.20. The third-order valence-electron chi connectivity index (χ3n) is 6.09. The molecule has 37 heavy (non-hydrogen) atoms. The fourth-order valence-corrected chi connectivity index (χ4v) is 4.89. The summed E-state index contributed by atoms with van der Waals surface area (Å²) in [6, 6.07) is 25.5. The first-order valence-corrected chi connectivity index (χ1v) is 14.3. The fraction of sp³-hybridized carbons (Fsp3) is 0.233. The van der Waals surface area contributed by atoms with E-state index in [2.05, 4.69) is 4.98 Å². The van der Waals surface area contributed by atoms with E-state index in [0.29, 0.717) is 17.9 Å². The molecule has 192 valence electrons. The van der Waals surface area contributed by atoms with E-state index in [0.717, 1.165) is 45.1 Å². The summed E-state index contributed by atoms with van der Waals surface area (Å²) in [4.78, 5) is 4.68. The molecule has 5 nitrogen and oxygen atoms in total. The summed E-state index contributed by atoms with van der Waals surface area (Å²) in [6.45, 7) is 1.79. The van der Waals surface area contributed by atoms with Crippen LogP contribution in [0.2, 0.25) is 5.02 Å². The first kappa shape index (κ1) is 27.0. The van der Waals surface area contributed by atoms with E-state index < -0.39 is 16.2 Å². The molecular formula is C30H30ClNO4S. The van der Waals surface area contributed by atoms with Crippen LogP contribution < -0.4 is 0 Å². The van der Waals surface area contributed by atoms with Gasteiger partial charge in [-0.2, -0.15) is 8.42 Å². The number of hydrogen-bond donors (Lipinski definition) is 1. The molecule has 0 fully saturated rings. The first-order chi connectivity index (χ1) is 17.7. The Labute approximate surface area is 223 Å². The molecule has 1 aromatic heterocycles. The van der Waals surface area contributed by atoms with Gasteiger partial charge in [0, 0.05) is 16.3 Å². The lowest BCUT2D eigenvalue weighted by molar-refractivity contribution is 0.195.